The first-order chi connectivity index (χ1) is 13.4. The van der Waals surface area contributed by atoms with Gasteiger partial charge in [0.15, 0.2) is 6.61 Å². The Kier molecular flexibility index (Phi) is 7.56. The predicted octanol–water partition coefficient (Wildman–Crippen LogP) is 3.21. The smallest absolute Gasteiger partial charge is 0.306 e. The molecule has 2 aromatic rings. The van der Waals surface area contributed by atoms with Crippen molar-refractivity contribution in [3.05, 3.63) is 53.6 Å². The van der Waals surface area contributed by atoms with E-state index >= 15 is 0 Å². The monoisotopic (exact) mass is 384 g/mol. The van der Waals surface area contributed by atoms with E-state index in [1.165, 1.54) is 7.11 Å². The Bertz CT molecular complexity index is 864. The first-order valence-electron chi connectivity index (χ1n) is 8.84. The molecule has 0 aliphatic carbocycles. The van der Waals surface area contributed by atoms with Crippen LogP contribution in [0.15, 0.2) is 42.5 Å². The van der Waals surface area contributed by atoms with Gasteiger partial charge in [0.1, 0.15) is 5.75 Å². The molecule has 7 heteroatoms. The van der Waals surface area contributed by atoms with Gasteiger partial charge in [-0.3, -0.25) is 14.4 Å². The fourth-order valence-corrected chi connectivity index (χ4v) is 2.50. The second-order valence-electron chi connectivity index (χ2n) is 6.31. The number of hydrogen-bond acceptors (Lipinski definition) is 5. The summed E-state index contributed by atoms with van der Waals surface area (Å²) >= 11 is 0. The lowest BCUT2D eigenvalue weighted by atomic mass is 10.1. The summed E-state index contributed by atoms with van der Waals surface area (Å²) in [6.07, 6.45) is -0.132. The summed E-state index contributed by atoms with van der Waals surface area (Å²) in [5.74, 6) is -0.771. The summed E-state index contributed by atoms with van der Waals surface area (Å²) in [6, 6.07) is 12.5. The number of aryl methyl sites for hydroxylation is 2. The van der Waals surface area contributed by atoms with Crippen LogP contribution in [0.3, 0.4) is 0 Å². The predicted molar refractivity (Wildman–Crippen MR) is 106 cm³/mol. The van der Waals surface area contributed by atoms with Crippen molar-refractivity contribution in [3.8, 4) is 5.75 Å². The number of hydrogen-bond donors (Lipinski definition) is 2. The van der Waals surface area contributed by atoms with Gasteiger partial charge in [-0.1, -0.05) is 23.8 Å². The summed E-state index contributed by atoms with van der Waals surface area (Å²) in [5, 5.41) is 5.37. The number of carbonyl (C=O) groups is 3. The van der Waals surface area contributed by atoms with Crippen LogP contribution in [0.2, 0.25) is 0 Å². The SMILES string of the molecule is COc1cccc(NC(=O)COC(=O)CCC(=O)Nc2ccc(C)cc2C)c1. The fourth-order valence-electron chi connectivity index (χ4n) is 2.50. The first-order valence-corrected chi connectivity index (χ1v) is 8.84. The van der Waals surface area contributed by atoms with Crippen LogP contribution in [0.5, 0.6) is 5.75 Å². The molecular weight excluding hydrogens is 360 g/mol. The Morgan fingerprint density at radius 2 is 1.71 bits per heavy atom. The molecule has 0 saturated carbocycles. The first kappa shape index (κ1) is 21.0. The normalized spacial score (nSPS) is 10.1. The third kappa shape index (κ3) is 6.75. The van der Waals surface area contributed by atoms with E-state index in [0.717, 1.165) is 11.1 Å². The van der Waals surface area contributed by atoms with Gasteiger partial charge in [-0.15, -0.1) is 0 Å². The van der Waals surface area contributed by atoms with Gasteiger partial charge in [-0.05, 0) is 37.6 Å². The third-order valence-corrected chi connectivity index (χ3v) is 3.93. The van der Waals surface area contributed by atoms with Crippen molar-refractivity contribution < 1.29 is 23.9 Å². The lowest BCUT2D eigenvalue weighted by Gasteiger charge is -2.09. The molecule has 0 aromatic heterocycles. The van der Waals surface area contributed by atoms with Gasteiger partial charge in [0.2, 0.25) is 5.91 Å². The summed E-state index contributed by atoms with van der Waals surface area (Å²) in [6.45, 7) is 3.45. The van der Waals surface area contributed by atoms with Crippen LogP contribution in [0, 0.1) is 13.8 Å². The highest BCUT2D eigenvalue weighted by molar-refractivity contribution is 5.94. The number of amides is 2. The molecule has 0 bridgehead atoms. The zero-order chi connectivity index (χ0) is 20.5. The third-order valence-electron chi connectivity index (χ3n) is 3.93. The van der Waals surface area contributed by atoms with Crippen LogP contribution in [-0.4, -0.2) is 31.5 Å². The molecule has 0 spiro atoms. The number of anilines is 2. The van der Waals surface area contributed by atoms with E-state index in [2.05, 4.69) is 10.6 Å². The number of ether oxygens (including phenoxy) is 2. The van der Waals surface area contributed by atoms with Gasteiger partial charge >= 0.3 is 5.97 Å². The van der Waals surface area contributed by atoms with Crippen LogP contribution >= 0.6 is 0 Å². The van der Waals surface area contributed by atoms with Crippen molar-refractivity contribution in [3.63, 3.8) is 0 Å². The topological polar surface area (TPSA) is 93.7 Å². The van der Waals surface area contributed by atoms with Crippen LogP contribution in [-0.2, 0) is 19.1 Å². The highest BCUT2D eigenvalue weighted by Gasteiger charge is 2.12. The highest BCUT2D eigenvalue weighted by atomic mass is 16.5. The van der Waals surface area contributed by atoms with E-state index in [1.807, 2.05) is 32.0 Å². The number of esters is 1. The van der Waals surface area contributed by atoms with Gasteiger partial charge in [0, 0.05) is 23.9 Å². The minimum atomic E-state index is -0.614. The molecule has 2 amide bonds. The van der Waals surface area contributed by atoms with Crippen LogP contribution in [0.25, 0.3) is 0 Å². The summed E-state index contributed by atoms with van der Waals surface area (Å²) in [5.41, 5.74) is 3.30. The second kappa shape index (κ2) is 10.1. The standard InChI is InChI=1S/C21H24N2O5/c1-14-7-8-18(15(2)11-14)23-19(24)9-10-21(26)28-13-20(25)22-16-5-4-6-17(12-16)27-3/h4-8,11-12H,9-10,13H2,1-3H3,(H,22,25)(H,23,24). The summed E-state index contributed by atoms with van der Waals surface area (Å²) in [7, 11) is 1.53. The molecule has 0 aliphatic rings. The molecule has 2 rings (SSSR count). The molecule has 0 saturated heterocycles. The number of carbonyl (C=O) groups excluding carboxylic acids is 3. The number of nitrogens with one attached hydrogen (secondary N) is 2. The number of methoxy groups -OCH3 is 1. The van der Waals surface area contributed by atoms with Crippen LogP contribution in [0.4, 0.5) is 11.4 Å². The van der Waals surface area contributed by atoms with Gasteiger partial charge in [-0.25, -0.2) is 0 Å². The van der Waals surface area contributed by atoms with E-state index in [4.69, 9.17) is 9.47 Å². The van der Waals surface area contributed by atoms with Gasteiger partial charge in [0.05, 0.1) is 13.5 Å². The van der Waals surface area contributed by atoms with E-state index in [-0.39, 0.29) is 18.7 Å². The van der Waals surface area contributed by atoms with Gasteiger partial charge < -0.3 is 20.1 Å². The van der Waals surface area contributed by atoms with Crippen molar-refractivity contribution in [1.82, 2.24) is 0 Å². The van der Waals surface area contributed by atoms with E-state index < -0.39 is 18.5 Å². The zero-order valence-electron chi connectivity index (χ0n) is 16.2. The molecule has 0 heterocycles. The molecule has 0 fully saturated rings. The largest absolute Gasteiger partial charge is 0.497 e. The molecule has 0 atom stereocenters. The van der Waals surface area contributed by atoms with Crippen LogP contribution < -0.4 is 15.4 Å². The lowest BCUT2D eigenvalue weighted by Crippen LogP contribution is -2.21. The maximum Gasteiger partial charge on any atom is 0.306 e. The molecule has 2 N–H and O–H groups in total. The zero-order valence-corrected chi connectivity index (χ0v) is 16.2. The molecule has 28 heavy (non-hydrogen) atoms. The summed E-state index contributed by atoms with van der Waals surface area (Å²) in [4.78, 5) is 35.6. The average molecular weight is 384 g/mol. The number of rotatable bonds is 8. The Hall–Kier alpha value is -3.35. The lowest BCUT2D eigenvalue weighted by molar-refractivity contribution is -0.147. The highest BCUT2D eigenvalue weighted by Crippen LogP contribution is 2.17. The van der Waals surface area contributed by atoms with Crippen molar-refractivity contribution >= 4 is 29.2 Å². The molecule has 0 aliphatic heterocycles. The van der Waals surface area contributed by atoms with Crippen molar-refractivity contribution in [2.75, 3.05) is 24.4 Å². The Morgan fingerprint density at radius 3 is 2.43 bits per heavy atom. The minimum absolute atomic E-state index is 0.0242. The van der Waals surface area contributed by atoms with Crippen molar-refractivity contribution in [2.45, 2.75) is 26.7 Å². The molecule has 2 aromatic carbocycles. The molecule has 148 valence electrons. The Balaban J connectivity index is 1.71. The second-order valence-corrected chi connectivity index (χ2v) is 6.31. The number of benzene rings is 2. The molecule has 7 nitrogen and oxygen atoms in total. The molecule has 0 radical (unpaired) electrons. The maximum atomic E-state index is 12.0. The van der Waals surface area contributed by atoms with E-state index in [9.17, 15) is 14.4 Å². The van der Waals surface area contributed by atoms with Crippen LogP contribution in [0.1, 0.15) is 24.0 Å². The maximum absolute atomic E-state index is 12.0. The van der Waals surface area contributed by atoms with Crippen molar-refractivity contribution in [2.24, 2.45) is 0 Å². The fraction of sp³-hybridized carbons (Fsp3) is 0.286. The molecular formula is C21H24N2O5. The van der Waals surface area contributed by atoms with Crippen molar-refractivity contribution in [1.29, 1.82) is 0 Å². The Morgan fingerprint density at radius 1 is 0.929 bits per heavy atom. The van der Waals surface area contributed by atoms with E-state index in [1.54, 1.807) is 24.3 Å². The van der Waals surface area contributed by atoms with E-state index in [0.29, 0.717) is 17.1 Å². The minimum Gasteiger partial charge on any atom is -0.497 e. The quantitative estimate of drug-likeness (QED) is 0.682. The summed E-state index contributed by atoms with van der Waals surface area (Å²) < 4.78 is 9.98. The van der Waals surface area contributed by atoms with Gasteiger partial charge in [-0.2, -0.15) is 0 Å². The average Bonchev–Trinajstić information content (AvgIpc) is 2.67. The molecule has 0 unspecified atom stereocenters. The Labute approximate surface area is 164 Å². The van der Waals surface area contributed by atoms with Gasteiger partial charge in [0.25, 0.3) is 5.91 Å².